The van der Waals surface area contributed by atoms with Crippen molar-refractivity contribution in [3.63, 3.8) is 0 Å². The monoisotopic (exact) mass is 505 g/mol. The molecule has 0 radical (unpaired) electrons. The number of sulfonamides is 1. The van der Waals surface area contributed by atoms with Crippen LogP contribution in [0, 0.1) is 5.82 Å². The maximum absolute atomic E-state index is 14.0. The molecule has 1 aliphatic rings. The first-order valence-electron chi connectivity index (χ1n) is 9.63. The molecule has 4 nitrogen and oxygen atoms in total. The van der Waals surface area contributed by atoms with Gasteiger partial charge in [0.15, 0.2) is 0 Å². The lowest BCUT2D eigenvalue weighted by molar-refractivity contribution is -0.139. The van der Waals surface area contributed by atoms with Crippen molar-refractivity contribution in [2.24, 2.45) is 0 Å². The molecule has 3 aromatic carbocycles. The van der Waals surface area contributed by atoms with Crippen LogP contribution in [0.5, 0.6) is 5.75 Å². The number of fused-ring (bicyclic) bond motifs is 1. The smallest absolute Gasteiger partial charge is 0.419 e. The summed E-state index contributed by atoms with van der Waals surface area (Å²) in [5.74, 6) is -1.51. The van der Waals surface area contributed by atoms with E-state index < -0.39 is 49.8 Å². The van der Waals surface area contributed by atoms with Crippen molar-refractivity contribution >= 4 is 15.7 Å². The minimum atomic E-state index is -5.03. The molecule has 3 aromatic rings. The van der Waals surface area contributed by atoms with Gasteiger partial charge in [0.1, 0.15) is 18.2 Å². The number of hydrogen-bond acceptors (Lipinski definition) is 3. The molecular formula is C22H14F7NO3S. The quantitative estimate of drug-likeness (QED) is 0.403. The molecule has 0 saturated carbocycles. The van der Waals surface area contributed by atoms with Crippen LogP contribution >= 0.6 is 0 Å². The Morgan fingerprint density at radius 1 is 0.853 bits per heavy atom. The molecule has 1 aliphatic heterocycles. The molecule has 0 unspecified atom stereocenters. The lowest BCUT2D eigenvalue weighted by Gasteiger charge is -2.31. The summed E-state index contributed by atoms with van der Waals surface area (Å²) in [6.45, 7) is -0.442. The Labute approximate surface area is 189 Å². The molecule has 0 fully saturated rings. The Hall–Kier alpha value is -3.28. The normalized spacial score (nSPS) is 14.5. The van der Waals surface area contributed by atoms with Crippen molar-refractivity contribution in [1.29, 1.82) is 0 Å². The van der Waals surface area contributed by atoms with E-state index in [0.717, 1.165) is 34.6 Å². The molecule has 34 heavy (non-hydrogen) atoms. The zero-order valence-electron chi connectivity index (χ0n) is 16.9. The van der Waals surface area contributed by atoms with E-state index in [2.05, 4.69) is 0 Å². The molecule has 1 heterocycles. The number of alkyl halides is 6. The van der Waals surface area contributed by atoms with Gasteiger partial charge in [-0.2, -0.15) is 26.3 Å². The molecule has 0 bridgehead atoms. The highest BCUT2D eigenvalue weighted by Crippen LogP contribution is 2.43. The molecule has 0 amide bonds. The summed E-state index contributed by atoms with van der Waals surface area (Å²) < 4.78 is 126. The van der Waals surface area contributed by atoms with E-state index in [-0.39, 0.29) is 30.2 Å². The first-order valence-corrected chi connectivity index (χ1v) is 11.1. The first-order chi connectivity index (χ1) is 15.8. The van der Waals surface area contributed by atoms with Crippen LogP contribution in [-0.4, -0.2) is 21.6 Å². The summed E-state index contributed by atoms with van der Waals surface area (Å²) in [6, 6.07) is 9.38. The number of anilines is 1. The van der Waals surface area contributed by atoms with E-state index in [0.29, 0.717) is 18.2 Å². The van der Waals surface area contributed by atoms with E-state index >= 15 is 0 Å². The predicted molar refractivity (Wildman–Crippen MR) is 108 cm³/mol. The second-order valence-electron chi connectivity index (χ2n) is 7.29. The number of ether oxygens (including phenoxy) is 1. The van der Waals surface area contributed by atoms with Gasteiger partial charge in [0, 0.05) is 0 Å². The molecule has 0 atom stereocenters. The van der Waals surface area contributed by atoms with Crippen LogP contribution in [0.25, 0.3) is 11.1 Å². The molecule has 0 aliphatic carbocycles. The van der Waals surface area contributed by atoms with Crippen LogP contribution in [0.2, 0.25) is 0 Å². The zero-order valence-corrected chi connectivity index (χ0v) is 17.7. The summed E-state index contributed by atoms with van der Waals surface area (Å²) in [7, 11) is -4.55. The number of rotatable bonds is 3. The second kappa shape index (κ2) is 8.19. The fourth-order valence-corrected chi connectivity index (χ4v) is 5.12. The minimum absolute atomic E-state index is 0.00415. The topological polar surface area (TPSA) is 46.6 Å². The number of nitrogens with zero attached hydrogens (tertiary/aromatic N) is 1. The molecule has 0 N–H and O–H groups in total. The third kappa shape index (κ3) is 4.29. The lowest BCUT2D eigenvalue weighted by atomic mass is 9.98. The molecule has 12 heteroatoms. The average molecular weight is 505 g/mol. The van der Waals surface area contributed by atoms with E-state index in [4.69, 9.17) is 4.74 Å². The fraction of sp³-hybridized carbons (Fsp3) is 0.182. The van der Waals surface area contributed by atoms with Gasteiger partial charge in [-0.1, -0.05) is 24.3 Å². The number of benzene rings is 3. The van der Waals surface area contributed by atoms with Gasteiger partial charge in [-0.05, 0) is 47.5 Å². The molecule has 0 spiro atoms. The Morgan fingerprint density at radius 3 is 2.24 bits per heavy atom. The average Bonchev–Trinajstić information content (AvgIpc) is 2.76. The van der Waals surface area contributed by atoms with Crippen LogP contribution < -0.4 is 9.04 Å². The van der Waals surface area contributed by atoms with Crippen molar-refractivity contribution in [3.8, 4) is 16.9 Å². The number of hydrogen-bond donors (Lipinski definition) is 0. The standard InChI is InChI=1S/C22H14F7NO3S/c23-17-6-2-5-16(20(17)22(27,28)29)13-7-8-19-18(11-13)30(9-10-33-19)34(31,32)15-4-1-3-14(12-15)21(24,25)26/h1-8,11-12H,9-10H2. The van der Waals surface area contributed by atoms with Crippen molar-refractivity contribution in [2.75, 3.05) is 17.5 Å². The van der Waals surface area contributed by atoms with E-state index in [9.17, 15) is 39.2 Å². The maximum Gasteiger partial charge on any atom is 0.419 e. The summed E-state index contributed by atoms with van der Waals surface area (Å²) >= 11 is 0. The Kier molecular flexibility index (Phi) is 5.75. The second-order valence-corrected chi connectivity index (χ2v) is 9.16. The summed E-state index contributed by atoms with van der Waals surface area (Å²) in [5.41, 5.74) is -3.57. The molecule has 0 saturated heterocycles. The van der Waals surface area contributed by atoms with E-state index in [1.54, 1.807) is 0 Å². The molecule has 4 rings (SSSR count). The minimum Gasteiger partial charge on any atom is -0.489 e. The van der Waals surface area contributed by atoms with Gasteiger partial charge in [-0.3, -0.25) is 4.31 Å². The highest BCUT2D eigenvalue weighted by atomic mass is 32.2. The highest BCUT2D eigenvalue weighted by molar-refractivity contribution is 7.92. The van der Waals surface area contributed by atoms with Crippen molar-refractivity contribution in [3.05, 3.63) is 77.6 Å². The zero-order chi connectivity index (χ0) is 24.9. The van der Waals surface area contributed by atoms with E-state index in [1.807, 2.05) is 0 Å². The summed E-state index contributed by atoms with van der Waals surface area (Å²) in [6.07, 6.45) is -9.82. The van der Waals surface area contributed by atoms with Crippen LogP contribution in [0.3, 0.4) is 0 Å². The molecular weight excluding hydrogens is 491 g/mol. The third-order valence-electron chi connectivity index (χ3n) is 5.14. The first kappa shape index (κ1) is 23.9. The van der Waals surface area contributed by atoms with Crippen molar-refractivity contribution in [1.82, 2.24) is 0 Å². The van der Waals surface area contributed by atoms with Gasteiger partial charge in [0.2, 0.25) is 0 Å². The Balaban J connectivity index is 1.85. The van der Waals surface area contributed by atoms with Crippen LogP contribution in [0.1, 0.15) is 11.1 Å². The molecule has 180 valence electrons. The highest BCUT2D eigenvalue weighted by Gasteiger charge is 2.38. The third-order valence-corrected chi connectivity index (χ3v) is 6.95. The lowest BCUT2D eigenvalue weighted by Crippen LogP contribution is -2.38. The van der Waals surface area contributed by atoms with Gasteiger partial charge in [0.25, 0.3) is 10.0 Å². The van der Waals surface area contributed by atoms with Crippen molar-refractivity contribution < 1.29 is 43.9 Å². The van der Waals surface area contributed by atoms with Crippen LogP contribution in [-0.2, 0) is 22.4 Å². The summed E-state index contributed by atoms with van der Waals surface area (Å²) in [5, 5.41) is 0. The fourth-order valence-electron chi connectivity index (χ4n) is 3.62. The largest absolute Gasteiger partial charge is 0.489 e. The van der Waals surface area contributed by atoms with Gasteiger partial charge in [-0.15, -0.1) is 0 Å². The van der Waals surface area contributed by atoms with Gasteiger partial charge in [-0.25, -0.2) is 12.8 Å². The molecule has 0 aromatic heterocycles. The van der Waals surface area contributed by atoms with Crippen molar-refractivity contribution in [2.45, 2.75) is 17.2 Å². The van der Waals surface area contributed by atoms with E-state index in [1.165, 1.54) is 12.1 Å². The van der Waals surface area contributed by atoms with Gasteiger partial charge < -0.3 is 4.74 Å². The summed E-state index contributed by atoms with van der Waals surface area (Å²) in [4.78, 5) is -0.651. The van der Waals surface area contributed by atoms with Crippen LogP contribution in [0.4, 0.5) is 36.4 Å². The number of halogens is 7. The Morgan fingerprint density at radius 2 is 1.56 bits per heavy atom. The SMILES string of the molecule is O=S(=O)(c1cccc(C(F)(F)F)c1)N1CCOc2ccc(-c3cccc(F)c3C(F)(F)F)cc21. The predicted octanol–water partition coefficient (Wildman–Crippen LogP) is 6.12. The van der Waals surface area contributed by atoms with Gasteiger partial charge >= 0.3 is 12.4 Å². The van der Waals surface area contributed by atoms with Gasteiger partial charge in [0.05, 0.1) is 28.3 Å². The maximum atomic E-state index is 14.0. The van der Waals surface area contributed by atoms with Crippen LogP contribution in [0.15, 0.2) is 65.6 Å². The Bertz CT molecular complexity index is 1350.